The number of aryl methyl sites for hydroxylation is 2. The summed E-state index contributed by atoms with van der Waals surface area (Å²) in [7, 11) is 0. The molecule has 0 spiro atoms. The second kappa shape index (κ2) is 11.5. The minimum Gasteiger partial charge on any atom is -0.369 e. The summed E-state index contributed by atoms with van der Waals surface area (Å²) in [6.45, 7) is 14.4. The van der Waals surface area contributed by atoms with Gasteiger partial charge in [-0.3, -0.25) is 19.9 Å². The fourth-order valence-electron chi connectivity index (χ4n) is 4.82. The fourth-order valence-corrected chi connectivity index (χ4v) is 4.82. The molecule has 1 saturated heterocycles. The van der Waals surface area contributed by atoms with Gasteiger partial charge in [-0.05, 0) is 57.6 Å². The topological polar surface area (TPSA) is 78.9 Å². The molecule has 35 heavy (non-hydrogen) atoms. The molecule has 0 bridgehead atoms. The Morgan fingerprint density at radius 1 is 1.09 bits per heavy atom. The van der Waals surface area contributed by atoms with E-state index >= 15 is 0 Å². The highest BCUT2D eigenvalue weighted by Crippen LogP contribution is 2.29. The summed E-state index contributed by atoms with van der Waals surface area (Å²) in [5.74, 6) is 0.724. The van der Waals surface area contributed by atoms with E-state index in [9.17, 15) is 10.1 Å². The van der Waals surface area contributed by atoms with Gasteiger partial charge in [0.1, 0.15) is 5.69 Å². The summed E-state index contributed by atoms with van der Waals surface area (Å²) < 4.78 is 5.52. The van der Waals surface area contributed by atoms with Crippen LogP contribution in [0.25, 0.3) is 11.3 Å². The van der Waals surface area contributed by atoms with Crippen molar-refractivity contribution in [1.29, 1.82) is 0 Å². The van der Waals surface area contributed by atoms with Gasteiger partial charge in [0.05, 0.1) is 17.0 Å². The number of anilines is 1. The normalized spacial score (nSPS) is 14.6. The molecule has 1 aliphatic heterocycles. The Hall–Kier alpha value is -3.23. The molecular weight excluding hydrogens is 442 g/mol. The third-order valence-corrected chi connectivity index (χ3v) is 6.78. The first-order valence-electron chi connectivity index (χ1n) is 12.4. The van der Waals surface area contributed by atoms with Crippen LogP contribution in [-0.2, 0) is 6.54 Å². The molecule has 2 aromatic carbocycles. The van der Waals surface area contributed by atoms with Crippen molar-refractivity contribution in [3.8, 4) is 11.3 Å². The quantitative estimate of drug-likeness (QED) is 0.303. The number of nitrogens with zero attached hydrogens (tertiary/aromatic N) is 5. The Kier molecular flexibility index (Phi) is 8.15. The van der Waals surface area contributed by atoms with Crippen molar-refractivity contribution in [1.82, 2.24) is 15.0 Å². The van der Waals surface area contributed by atoms with Crippen LogP contribution in [0.15, 0.2) is 53.1 Å². The van der Waals surface area contributed by atoms with Gasteiger partial charge in [0.2, 0.25) is 0 Å². The third-order valence-electron chi connectivity index (χ3n) is 6.78. The van der Waals surface area contributed by atoms with Crippen molar-refractivity contribution in [2.45, 2.75) is 33.7 Å². The van der Waals surface area contributed by atoms with Crippen LogP contribution in [-0.4, -0.2) is 65.7 Å². The van der Waals surface area contributed by atoms with E-state index in [2.05, 4.69) is 58.8 Å². The maximum atomic E-state index is 11.3. The highest BCUT2D eigenvalue weighted by Gasteiger charge is 2.20. The zero-order valence-corrected chi connectivity index (χ0v) is 20.9. The molecule has 2 heterocycles. The summed E-state index contributed by atoms with van der Waals surface area (Å²) in [6.07, 6.45) is 1.09. The van der Waals surface area contributed by atoms with E-state index in [1.54, 1.807) is 18.2 Å². The monoisotopic (exact) mass is 477 g/mol. The fraction of sp³-hybridized carbons (Fsp3) is 0.444. The maximum absolute atomic E-state index is 11.3. The molecule has 0 atom stereocenters. The van der Waals surface area contributed by atoms with Crippen LogP contribution in [0.5, 0.6) is 0 Å². The zero-order chi connectivity index (χ0) is 24.8. The number of hydrogen-bond donors (Lipinski definition) is 0. The van der Waals surface area contributed by atoms with E-state index in [4.69, 9.17) is 4.52 Å². The van der Waals surface area contributed by atoms with Gasteiger partial charge in [0, 0.05) is 44.0 Å². The molecule has 1 aromatic heterocycles. The molecule has 0 radical (unpaired) electrons. The molecule has 1 aliphatic rings. The lowest BCUT2D eigenvalue weighted by molar-refractivity contribution is -0.384. The van der Waals surface area contributed by atoms with E-state index in [-0.39, 0.29) is 10.6 Å². The molecule has 3 aromatic rings. The van der Waals surface area contributed by atoms with E-state index in [1.807, 2.05) is 6.07 Å². The van der Waals surface area contributed by atoms with E-state index in [0.29, 0.717) is 17.8 Å². The Morgan fingerprint density at radius 3 is 2.57 bits per heavy atom. The second-order valence-electron chi connectivity index (χ2n) is 9.29. The van der Waals surface area contributed by atoms with Gasteiger partial charge in [-0.1, -0.05) is 41.9 Å². The highest BCUT2D eigenvalue weighted by molar-refractivity contribution is 5.70. The predicted octanol–water partition coefficient (Wildman–Crippen LogP) is 4.90. The SMILES string of the molecule is CCN(CCCN1CCN(c2ccc(C)cc2C)CC1)Cc1cc(-c2ccccc2[N+](=O)[O-])no1. The molecule has 8 nitrogen and oxygen atoms in total. The minimum absolute atomic E-state index is 0.0392. The first-order valence-corrected chi connectivity index (χ1v) is 12.4. The number of nitro groups is 1. The Labute approximate surface area is 207 Å². The van der Waals surface area contributed by atoms with Gasteiger partial charge in [-0.15, -0.1) is 0 Å². The second-order valence-corrected chi connectivity index (χ2v) is 9.29. The Bertz CT molecular complexity index is 1140. The molecular formula is C27H35N5O3. The number of para-hydroxylation sites is 1. The van der Waals surface area contributed by atoms with Gasteiger partial charge < -0.3 is 9.42 Å². The van der Waals surface area contributed by atoms with Crippen molar-refractivity contribution in [2.24, 2.45) is 0 Å². The maximum Gasteiger partial charge on any atom is 0.278 e. The van der Waals surface area contributed by atoms with Crippen LogP contribution in [0.4, 0.5) is 11.4 Å². The number of hydrogen-bond acceptors (Lipinski definition) is 7. The number of aromatic nitrogens is 1. The lowest BCUT2D eigenvalue weighted by Crippen LogP contribution is -2.47. The van der Waals surface area contributed by atoms with Crippen molar-refractivity contribution in [2.75, 3.05) is 50.7 Å². The van der Waals surface area contributed by atoms with Crippen molar-refractivity contribution >= 4 is 11.4 Å². The average Bonchev–Trinajstić information content (AvgIpc) is 3.32. The minimum atomic E-state index is -0.385. The van der Waals surface area contributed by atoms with Crippen LogP contribution < -0.4 is 4.90 Å². The lowest BCUT2D eigenvalue weighted by Gasteiger charge is -2.37. The van der Waals surface area contributed by atoms with Gasteiger partial charge in [0.15, 0.2) is 5.76 Å². The van der Waals surface area contributed by atoms with Crippen LogP contribution in [0.2, 0.25) is 0 Å². The van der Waals surface area contributed by atoms with Gasteiger partial charge in [-0.25, -0.2) is 0 Å². The molecule has 0 unspecified atom stereocenters. The van der Waals surface area contributed by atoms with E-state index < -0.39 is 0 Å². The van der Waals surface area contributed by atoms with Gasteiger partial charge >= 0.3 is 0 Å². The number of nitro benzene ring substituents is 1. The van der Waals surface area contributed by atoms with Crippen molar-refractivity contribution in [3.05, 3.63) is 75.5 Å². The molecule has 1 fully saturated rings. The smallest absolute Gasteiger partial charge is 0.278 e. The molecule has 0 amide bonds. The van der Waals surface area contributed by atoms with Crippen molar-refractivity contribution in [3.63, 3.8) is 0 Å². The third kappa shape index (κ3) is 6.26. The van der Waals surface area contributed by atoms with E-state index in [0.717, 1.165) is 58.0 Å². The summed E-state index contributed by atoms with van der Waals surface area (Å²) in [6, 6.07) is 15.2. The molecule has 0 saturated carbocycles. The van der Waals surface area contributed by atoms with Crippen LogP contribution in [0.3, 0.4) is 0 Å². The Morgan fingerprint density at radius 2 is 1.86 bits per heavy atom. The first kappa shape index (κ1) is 24.9. The Balaban J connectivity index is 1.24. The molecule has 8 heteroatoms. The van der Waals surface area contributed by atoms with E-state index in [1.165, 1.54) is 22.9 Å². The summed E-state index contributed by atoms with van der Waals surface area (Å²) in [4.78, 5) is 18.3. The number of benzene rings is 2. The zero-order valence-electron chi connectivity index (χ0n) is 20.9. The van der Waals surface area contributed by atoms with Crippen molar-refractivity contribution < 1.29 is 9.45 Å². The molecule has 0 aliphatic carbocycles. The number of rotatable bonds is 10. The summed E-state index contributed by atoms with van der Waals surface area (Å²) >= 11 is 0. The van der Waals surface area contributed by atoms with Crippen LogP contribution in [0, 0.1) is 24.0 Å². The first-order chi connectivity index (χ1) is 16.9. The average molecular weight is 478 g/mol. The number of piperazine rings is 1. The summed E-state index contributed by atoms with van der Waals surface area (Å²) in [5, 5.41) is 15.4. The molecule has 0 N–H and O–H groups in total. The van der Waals surface area contributed by atoms with Gasteiger partial charge in [-0.2, -0.15) is 0 Å². The van der Waals surface area contributed by atoms with Crippen LogP contribution >= 0.6 is 0 Å². The van der Waals surface area contributed by atoms with Gasteiger partial charge in [0.25, 0.3) is 5.69 Å². The largest absolute Gasteiger partial charge is 0.369 e. The predicted molar refractivity (Wildman–Crippen MR) is 139 cm³/mol. The van der Waals surface area contributed by atoms with Crippen LogP contribution in [0.1, 0.15) is 30.2 Å². The summed E-state index contributed by atoms with van der Waals surface area (Å²) in [5.41, 5.74) is 5.06. The standard InChI is InChI=1S/C27H35N5O3/c1-4-29(20-23-19-25(28-35-23)24-8-5-6-9-27(24)32(33)34)12-7-13-30-14-16-31(17-15-30)26-11-10-21(2)18-22(26)3/h5-6,8-11,18-19H,4,7,12-17,20H2,1-3H3. The molecule has 186 valence electrons. The molecule has 4 rings (SSSR count). The highest BCUT2D eigenvalue weighted by atomic mass is 16.6. The lowest BCUT2D eigenvalue weighted by atomic mass is 10.1.